The number of nitrogens with one attached hydrogen (secondary N) is 1. The molecule has 2 heterocycles. The Morgan fingerprint density at radius 3 is 2.45 bits per heavy atom. The molecule has 0 aromatic carbocycles. The maximum absolute atomic E-state index is 13.3. The second-order valence-electron chi connectivity index (χ2n) is 8.82. The Morgan fingerprint density at radius 1 is 1.24 bits per heavy atom. The van der Waals surface area contributed by atoms with Crippen molar-refractivity contribution in [2.45, 2.75) is 52.2 Å². The number of hydrogen-bond donors (Lipinski definition) is 1. The van der Waals surface area contributed by atoms with Gasteiger partial charge in [-0.15, -0.1) is 0 Å². The first-order chi connectivity index (χ1) is 15.6. The lowest BCUT2D eigenvalue weighted by Gasteiger charge is -2.36. The predicted octanol–water partition coefficient (Wildman–Crippen LogP) is 1.69. The van der Waals surface area contributed by atoms with Gasteiger partial charge in [-0.25, -0.2) is 9.78 Å². The Kier molecular flexibility index (Phi) is 9.19. The van der Waals surface area contributed by atoms with E-state index >= 15 is 0 Å². The van der Waals surface area contributed by atoms with Crippen molar-refractivity contribution in [3.05, 3.63) is 23.9 Å². The molecule has 1 aliphatic heterocycles. The van der Waals surface area contributed by atoms with Crippen LogP contribution in [0.4, 0.5) is 10.6 Å². The molecule has 1 N–H and O–H groups in total. The average molecular weight is 462 g/mol. The van der Waals surface area contributed by atoms with Crippen LogP contribution in [0, 0.1) is 0 Å². The molecule has 1 unspecified atom stereocenters. The number of nitrogens with zero attached hydrogens (tertiary/aromatic N) is 4. The molecule has 0 saturated carbocycles. The van der Waals surface area contributed by atoms with Gasteiger partial charge in [-0.05, 0) is 46.2 Å². The molecule has 0 radical (unpaired) electrons. The number of likely N-dealkylation sites (N-methyl/N-ethyl adjacent to an activating group) is 2. The van der Waals surface area contributed by atoms with Crippen molar-refractivity contribution in [3.8, 4) is 0 Å². The van der Waals surface area contributed by atoms with E-state index in [9.17, 15) is 19.2 Å². The van der Waals surface area contributed by atoms with Gasteiger partial charge in [0, 0.05) is 58.0 Å². The van der Waals surface area contributed by atoms with E-state index in [2.05, 4.69) is 10.3 Å². The first-order valence-corrected chi connectivity index (χ1v) is 11.3. The normalized spacial score (nSPS) is 14.9. The Morgan fingerprint density at radius 2 is 1.91 bits per heavy atom. The number of pyridine rings is 1. The van der Waals surface area contributed by atoms with Crippen molar-refractivity contribution >= 4 is 30.0 Å². The van der Waals surface area contributed by atoms with E-state index < -0.39 is 11.6 Å². The highest BCUT2D eigenvalue weighted by Crippen LogP contribution is 2.19. The Hall–Kier alpha value is -3.17. The lowest BCUT2D eigenvalue weighted by molar-refractivity contribution is -0.125. The Labute approximate surface area is 195 Å². The van der Waals surface area contributed by atoms with Crippen molar-refractivity contribution in [1.29, 1.82) is 0 Å². The number of aldehydes is 1. The zero-order valence-corrected chi connectivity index (χ0v) is 20.2. The van der Waals surface area contributed by atoms with Gasteiger partial charge in [-0.1, -0.05) is 0 Å². The van der Waals surface area contributed by atoms with Crippen molar-refractivity contribution in [2.75, 3.05) is 44.7 Å². The van der Waals surface area contributed by atoms with Gasteiger partial charge in [0.25, 0.3) is 5.91 Å². The molecule has 1 saturated heterocycles. The van der Waals surface area contributed by atoms with E-state index in [1.165, 1.54) is 11.9 Å². The molecule has 1 atom stereocenters. The number of hydrogen-bond acceptors (Lipinski definition) is 7. The van der Waals surface area contributed by atoms with Crippen LogP contribution in [0.5, 0.6) is 0 Å². The molecule has 0 aliphatic carbocycles. The van der Waals surface area contributed by atoms with Gasteiger partial charge >= 0.3 is 6.09 Å². The monoisotopic (exact) mass is 461 g/mol. The van der Waals surface area contributed by atoms with Crippen LogP contribution in [-0.4, -0.2) is 90.4 Å². The minimum Gasteiger partial charge on any atom is -0.444 e. The lowest BCUT2D eigenvalue weighted by atomic mass is 10.1. The van der Waals surface area contributed by atoms with Crippen molar-refractivity contribution < 1.29 is 23.9 Å². The molecule has 10 heteroatoms. The third-order valence-electron chi connectivity index (χ3n) is 5.33. The van der Waals surface area contributed by atoms with E-state index in [0.29, 0.717) is 44.1 Å². The highest BCUT2D eigenvalue weighted by atomic mass is 16.6. The van der Waals surface area contributed by atoms with E-state index in [1.807, 2.05) is 25.7 Å². The molecule has 182 valence electrons. The number of amides is 3. The third-order valence-corrected chi connectivity index (χ3v) is 5.33. The largest absolute Gasteiger partial charge is 0.444 e. The van der Waals surface area contributed by atoms with Crippen LogP contribution in [0.15, 0.2) is 18.3 Å². The second kappa shape index (κ2) is 11.6. The number of aromatic nitrogens is 1. The second-order valence-corrected chi connectivity index (χ2v) is 8.82. The summed E-state index contributed by atoms with van der Waals surface area (Å²) in [6.07, 6.45) is 2.42. The van der Waals surface area contributed by atoms with Gasteiger partial charge in [0.15, 0.2) is 0 Å². The summed E-state index contributed by atoms with van der Waals surface area (Å²) in [7, 11) is 1.51. The van der Waals surface area contributed by atoms with Crippen LogP contribution in [0.25, 0.3) is 0 Å². The summed E-state index contributed by atoms with van der Waals surface area (Å²) in [5, 5.41) is 2.57. The van der Waals surface area contributed by atoms with E-state index in [-0.39, 0.29) is 30.7 Å². The number of anilines is 1. The molecule has 10 nitrogen and oxygen atoms in total. The van der Waals surface area contributed by atoms with Crippen LogP contribution in [0.1, 0.15) is 50.9 Å². The van der Waals surface area contributed by atoms with E-state index in [1.54, 1.807) is 30.2 Å². The van der Waals surface area contributed by atoms with Gasteiger partial charge in [0.1, 0.15) is 23.7 Å². The Bertz CT molecular complexity index is 846. The molecule has 3 amide bonds. The minimum atomic E-state index is -0.730. The predicted molar refractivity (Wildman–Crippen MR) is 124 cm³/mol. The molecule has 1 aromatic heterocycles. The quantitative estimate of drug-likeness (QED) is 0.586. The number of carbonyl (C=O) groups excluding carboxylic acids is 4. The van der Waals surface area contributed by atoms with Gasteiger partial charge in [-0.2, -0.15) is 0 Å². The van der Waals surface area contributed by atoms with Crippen LogP contribution >= 0.6 is 0 Å². The molecule has 33 heavy (non-hydrogen) atoms. The average Bonchev–Trinajstić information content (AvgIpc) is 2.80. The lowest BCUT2D eigenvalue weighted by Crippen LogP contribution is -2.50. The van der Waals surface area contributed by atoms with Gasteiger partial charge in [0.2, 0.25) is 5.91 Å². The summed E-state index contributed by atoms with van der Waals surface area (Å²) in [5.41, 5.74) is -0.134. The standard InChI is InChI=1S/C23H35N5O5/c1-6-28(18(8-7-15-29)20(30)24-5)21(31)17-9-10-25-19(16-17)26-11-13-27(14-12-26)22(32)33-23(2,3)4/h9-10,15-16,18H,6-8,11-14H2,1-5H3,(H,24,30). The zero-order chi connectivity index (χ0) is 24.6. The van der Waals surface area contributed by atoms with Gasteiger partial charge < -0.3 is 29.5 Å². The number of ether oxygens (including phenoxy) is 1. The first kappa shape index (κ1) is 26.1. The van der Waals surface area contributed by atoms with Crippen LogP contribution < -0.4 is 10.2 Å². The van der Waals surface area contributed by atoms with Crippen LogP contribution in [0.3, 0.4) is 0 Å². The number of carbonyl (C=O) groups is 4. The summed E-state index contributed by atoms with van der Waals surface area (Å²) >= 11 is 0. The third kappa shape index (κ3) is 7.16. The molecule has 1 fully saturated rings. The summed E-state index contributed by atoms with van der Waals surface area (Å²) < 4.78 is 5.43. The topological polar surface area (TPSA) is 112 Å². The SMILES string of the molecule is CCN(C(=O)c1ccnc(N2CCN(C(=O)OC(C)(C)C)CC2)c1)C(CCC=O)C(=O)NC. The molecular weight excluding hydrogens is 426 g/mol. The fraction of sp³-hybridized carbons (Fsp3) is 0.609. The summed E-state index contributed by atoms with van der Waals surface area (Å²) in [4.78, 5) is 58.3. The van der Waals surface area contributed by atoms with Crippen molar-refractivity contribution in [2.24, 2.45) is 0 Å². The van der Waals surface area contributed by atoms with E-state index in [4.69, 9.17) is 4.74 Å². The molecule has 1 aromatic rings. The first-order valence-electron chi connectivity index (χ1n) is 11.3. The molecular formula is C23H35N5O5. The molecule has 1 aliphatic rings. The fourth-order valence-corrected chi connectivity index (χ4v) is 3.66. The highest BCUT2D eigenvalue weighted by Gasteiger charge is 2.30. The van der Waals surface area contributed by atoms with Crippen molar-refractivity contribution in [3.63, 3.8) is 0 Å². The maximum Gasteiger partial charge on any atom is 0.410 e. The zero-order valence-electron chi connectivity index (χ0n) is 20.2. The minimum absolute atomic E-state index is 0.186. The smallest absolute Gasteiger partial charge is 0.410 e. The van der Waals surface area contributed by atoms with Gasteiger partial charge in [-0.3, -0.25) is 9.59 Å². The van der Waals surface area contributed by atoms with Crippen molar-refractivity contribution in [1.82, 2.24) is 20.1 Å². The molecule has 0 spiro atoms. The van der Waals surface area contributed by atoms with Gasteiger partial charge in [0.05, 0.1) is 0 Å². The number of piperazine rings is 1. The Balaban J connectivity index is 2.12. The van der Waals surface area contributed by atoms with Crippen LogP contribution in [-0.2, 0) is 14.3 Å². The highest BCUT2D eigenvalue weighted by molar-refractivity contribution is 5.98. The molecule has 0 bridgehead atoms. The van der Waals surface area contributed by atoms with Crippen LogP contribution in [0.2, 0.25) is 0 Å². The van der Waals surface area contributed by atoms with E-state index in [0.717, 1.165) is 6.29 Å². The molecule has 2 rings (SSSR count). The summed E-state index contributed by atoms with van der Waals surface area (Å²) in [5.74, 6) is 0.0257. The summed E-state index contributed by atoms with van der Waals surface area (Å²) in [6, 6.07) is 2.59. The summed E-state index contributed by atoms with van der Waals surface area (Å²) in [6.45, 7) is 9.71. The number of rotatable bonds is 8. The fourth-order valence-electron chi connectivity index (χ4n) is 3.66. The maximum atomic E-state index is 13.3.